The minimum Gasteiger partial charge on any atom is -0.396 e. The third-order valence-corrected chi connectivity index (χ3v) is 4.56. The van der Waals surface area contributed by atoms with E-state index in [-0.39, 0.29) is 0 Å². The molecule has 2 N–H and O–H groups in total. The number of aromatic nitrogens is 3. The summed E-state index contributed by atoms with van der Waals surface area (Å²) in [5, 5.41) is 5.48. The summed E-state index contributed by atoms with van der Waals surface area (Å²) in [5.74, 6) is 0.343. The van der Waals surface area contributed by atoms with E-state index >= 15 is 0 Å². The van der Waals surface area contributed by atoms with Gasteiger partial charge in [-0.2, -0.15) is 5.10 Å². The van der Waals surface area contributed by atoms with Crippen LogP contribution in [-0.2, 0) is 23.6 Å². The number of aryl methyl sites for hydroxylation is 1. The quantitative estimate of drug-likeness (QED) is 0.797. The fraction of sp³-hybridized carbons (Fsp3) is 0.143. The van der Waals surface area contributed by atoms with Gasteiger partial charge in [0.2, 0.25) is 0 Å². The first-order valence-corrected chi connectivity index (χ1v) is 7.47. The highest BCUT2D eigenvalue weighted by Gasteiger charge is 2.14. The van der Waals surface area contributed by atoms with Crippen molar-refractivity contribution in [1.29, 1.82) is 0 Å². The summed E-state index contributed by atoms with van der Waals surface area (Å²) in [5.41, 5.74) is 8.11. The lowest BCUT2D eigenvalue weighted by molar-refractivity contribution is 0.681. The van der Waals surface area contributed by atoms with E-state index in [0.29, 0.717) is 16.3 Å². The van der Waals surface area contributed by atoms with Crippen molar-refractivity contribution in [3.63, 3.8) is 0 Å². The molecule has 102 valence electrons. The van der Waals surface area contributed by atoms with Crippen molar-refractivity contribution >= 4 is 27.4 Å². The zero-order valence-electron chi connectivity index (χ0n) is 11.0. The summed E-state index contributed by atoms with van der Waals surface area (Å²) in [7, 11) is 0.655. The topological polar surface area (TPSA) is 73.8 Å². The highest BCUT2D eigenvalue weighted by Crippen LogP contribution is 2.22. The van der Waals surface area contributed by atoms with Gasteiger partial charge >= 0.3 is 0 Å². The van der Waals surface area contributed by atoms with E-state index in [9.17, 15) is 4.21 Å². The number of nitrogens with zero attached hydrogens (tertiary/aromatic N) is 3. The molecule has 3 rings (SSSR count). The summed E-state index contributed by atoms with van der Waals surface area (Å²) in [6, 6.07) is 9.60. The van der Waals surface area contributed by atoms with E-state index in [0.717, 1.165) is 16.6 Å². The minimum atomic E-state index is -1.23. The molecule has 20 heavy (non-hydrogen) atoms. The van der Waals surface area contributed by atoms with Gasteiger partial charge in [-0.25, -0.2) is 0 Å². The number of hydrogen-bond donors (Lipinski definition) is 1. The van der Waals surface area contributed by atoms with E-state index in [2.05, 4.69) is 10.1 Å². The lowest BCUT2D eigenvalue weighted by Gasteiger charge is -2.03. The Labute approximate surface area is 118 Å². The number of anilines is 1. The number of pyridine rings is 1. The lowest BCUT2D eigenvalue weighted by Crippen LogP contribution is -2.02. The highest BCUT2D eigenvalue weighted by atomic mass is 32.2. The van der Waals surface area contributed by atoms with Gasteiger partial charge in [0.1, 0.15) is 0 Å². The third kappa shape index (κ3) is 2.18. The van der Waals surface area contributed by atoms with Crippen LogP contribution in [0.3, 0.4) is 0 Å². The van der Waals surface area contributed by atoms with E-state index in [1.54, 1.807) is 16.9 Å². The molecule has 2 aromatic heterocycles. The van der Waals surface area contributed by atoms with Gasteiger partial charge in [-0.15, -0.1) is 0 Å². The second kappa shape index (κ2) is 5.05. The van der Waals surface area contributed by atoms with Crippen LogP contribution in [0, 0.1) is 0 Å². The molecule has 1 atom stereocenters. The zero-order chi connectivity index (χ0) is 14.1. The van der Waals surface area contributed by atoms with Crippen LogP contribution in [0.5, 0.6) is 0 Å². The molecule has 0 radical (unpaired) electrons. The smallest absolute Gasteiger partial charge is 0.0831 e. The standard InChI is InChI=1S/C14H14N4OS/c1-18-13-5-3-2-4-10(13)12(17-18)9-20(19)14-6-7-16-8-11(14)15/h2-8H,9,15H2,1H3. The maximum Gasteiger partial charge on any atom is 0.0831 e. The molecule has 6 heteroatoms. The summed E-state index contributed by atoms with van der Waals surface area (Å²) in [6.45, 7) is 0. The van der Waals surface area contributed by atoms with Crippen molar-refractivity contribution in [1.82, 2.24) is 14.8 Å². The zero-order valence-corrected chi connectivity index (χ0v) is 11.8. The van der Waals surface area contributed by atoms with Crippen LogP contribution in [0.15, 0.2) is 47.6 Å². The molecule has 0 aliphatic heterocycles. The van der Waals surface area contributed by atoms with E-state index in [1.807, 2.05) is 31.3 Å². The number of nitrogen functional groups attached to an aromatic ring is 1. The lowest BCUT2D eigenvalue weighted by atomic mass is 10.2. The monoisotopic (exact) mass is 286 g/mol. The van der Waals surface area contributed by atoms with Crippen LogP contribution in [0.2, 0.25) is 0 Å². The van der Waals surface area contributed by atoms with Gasteiger partial charge in [0, 0.05) is 18.6 Å². The Morgan fingerprint density at radius 3 is 2.90 bits per heavy atom. The van der Waals surface area contributed by atoms with Gasteiger partial charge in [0.15, 0.2) is 0 Å². The molecule has 0 aliphatic rings. The predicted octanol–water partition coefficient (Wildman–Crippen LogP) is 1.86. The van der Waals surface area contributed by atoms with Crippen molar-refractivity contribution in [2.75, 3.05) is 5.73 Å². The highest BCUT2D eigenvalue weighted by molar-refractivity contribution is 7.84. The number of rotatable bonds is 3. The minimum absolute atomic E-state index is 0.343. The summed E-state index contributed by atoms with van der Waals surface area (Å²) in [6.07, 6.45) is 3.11. The Balaban J connectivity index is 1.98. The molecule has 0 aliphatic carbocycles. The van der Waals surface area contributed by atoms with E-state index < -0.39 is 10.8 Å². The molecule has 0 amide bonds. The first-order chi connectivity index (χ1) is 9.66. The maximum absolute atomic E-state index is 12.4. The number of benzene rings is 1. The SMILES string of the molecule is Cn1nc(CS(=O)c2ccncc2N)c2ccccc21. The fourth-order valence-electron chi connectivity index (χ4n) is 2.20. The molecule has 5 nitrogen and oxygen atoms in total. The van der Waals surface area contributed by atoms with Gasteiger partial charge < -0.3 is 5.73 Å². The average molecular weight is 286 g/mol. The molecule has 0 saturated heterocycles. The van der Waals surface area contributed by atoms with Crippen molar-refractivity contribution in [2.45, 2.75) is 10.6 Å². The second-order valence-corrected chi connectivity index (χ2v) is 5.91. The largest absolute Gasteiger partial charge is 0.396 e. The van der Waals surface area contributed by atoms with Crippen LogP contribution >= 0.6 is 0 Å². The Morgan fingerprint density at radius 2 is 2.10 bits per heavy atom. The average Bonchev–Trinajstić information content (AvgIpc) is 2.76. The number of para-hydroxylation sites is 1. The normalized spacial score (nSPS) is 12.7. The predicted molar refractivity (Wildman–Crippen MR) is 79.5 cm³/mol. The first kappa shape index (κ1) is 12.8. The molecule has 3 aromatic rings. The molecular weight excluding hydrogens is 272 g/mol. The molecule has 0 bridgehead atoms. The van der Waals surface area contributed by atoms with Gasteiger partial charge in [-0.1, -0.05) is 18.2 Å². The van der Waals surface area contributed by atoms with Gasteiger partial charge in [0.25, 0.3) is 0 Å². The van der Waals surface area contributed by atoms with Crippen LogP contribution in [0.4, 0.5) is 5.69 Å². The summed E-state index contributed by atoms with van der Waals surface area (Å²) >= 11 is 0. The Morgan fingerprint density at radius 1 is 1.30 bits per heavy atom. The maximum atomic E-state index is 12.4. The van der Waals surface area contributed by atoms with Crippen molar-refractivity contribution < 1.29 is 4.21 Å². The van der Waals surface area contributed by atoms with E-state index in [4.69, 9.17) is 5.73 Å². The van der Waals surface area contributed by atoms with Gasteiger partial charge in [0.05, 0.1) is 44.5 Å². The fourth-order valence-corrected chi connectivity index (χ4v) is 3.34. The molecule has 0 fully saturated rings. The third-order valence-electron chi connectivity index (χ3n) is 3.16. The molecule has 0 saturated carbocycles. The second-order valence-electron chi connectivity index (χ2n) is 4.49. The van der Waals surface area contributed by atoms with Gasteiger partial charge in [-0.05, 0) is 12.1 Å². The Bertz CT molecular complexity index is 797. The number of fused-ring (bicyclic) bond motifs is 1. The summed E-state index contributed by atoms with van der Waals surface area (Å²) < 4.78 is 14.2. The van der Waals surface area contributed by atoms with Crippen LogP contribution in [0.25, 0.3) is 10.9 Å². The Hall–Kier alpha value is -2.21. The molecular formula is C14H14N4OS. The van der Waals surface area contributed by atoms with Crippen molar-refractivity contribution in [3.05, 3.63) is 48.4 Å². The molecule has 1 aromatic carbocycles. The van der Waals surface area contributed by atoms with Crippen LogP contribution < -0.4 is 5.73 Å². The number of hydrogen-bond acceptors (Lipinski definition) is 4. The van der Waals surface area contributed by atoms with Crippen molar-refractivity contribution in [2.24, 2.45) is 7.05 Å². The molecule has 1 unspecified atom stereocenters. The van der Waals surface area contributed by atoms with Crippen LogP contribution in [-0.4, -0.2) is 19.0 Å². The first-order valence-electron chi connectivity index (χ1n) is 6.15. The van der Waals surface area contributed by atoms with Crippen LogP contribution in [0.1, 0.15) is 5.69 Å². The molecule has 0 spiro atoms. The van der Waals surface area contributed by atoms with E-state index in [1.165, 1.54) is 6.20 Å². The van der Waals surface area contributed by atoms with Crippen molar-refractivity contribution in [3.8, 4) is 0 Å². The van der Waals surface area contributed by atoms with Gasteiger partial charge in [-0.3, -0.25) is 13.9 Å². The Kier molecular flexibility index (Phi) is 3.23. The summed E-state index contributed by atoms with van der Waals surface area (Å²) in [4.78, 5) is 4.52. The number of nitrogens with two attached hydrogens (primary N) is 1. The molecule has 2 heterocycles.